The average Bonchev–Trinajstić information content (AvgIpc) is 2.60. The summed E-state index contributed by atoms with van der Waals surface area (Å²) >= 11 is 11.9. The number of amides is 2. The molecule has 2 aromatic carbocycles. The zero-order chi connectivity index (χ0) is 20.0. The molecule has 6 nitrogen and oxygen atoms in total. The topological polar surface area (TPSA) is 71.9 Å². The van der Waals surface area contributed by atoms with E-state index in [-0.39, 0.29) is 18.4 Å². The Bertz CT molecular complexity index is 792. The van der Waals surface area contributed by atoms with E-state index in [0.29, 0.717) is 27.2 Å². The summed E-state index contributed by atoms with van der Waals surface area (Å²) in [5.41, 5.74) is 1.18. The van der Waals surface area contributed by atoms with Gasteiger partial charge in [-0.3, -0.25) is 9.59 Å². The molecule has 2 aromatic rings. The lowest BCUT2D eigenvalue weighted by Crippen LogP contribution is -3.14. The molecule has 0 radical (unpaired) electrons. The molecule has 0 heterocycles. The molecule has 0 bridgehead atoms. The Balaban J connectivity index is 1.90. The highest BCUT2D eigenvalue weighted by molar-refractivity contribution is 6.35. The van der Waals surface area contributed by atoms with Crippen LogP contribution in [0.5, 0.6) is 5.75 Å². The van der Waals surface area contributed by atoms with Crippen LogP contribution >= 0.6 is 23.2 Å². The Hall–Kier alpha value is -2.28. The summed E-state index contributed by atoms with van der Waals surface area (Å²) in [4.78, 5) is 25.4. The number of nitrogens with one attached hydrogen (secondary N) is 3. The fourth-order valence-electron chi connectivity index (χ4n) is 2.39. The van der Waals surface area contributed by atoms with Crippen molar-refractivity contribution in [3.63, 3.8) is 0 Å². The Morgan fingerprint density at radius 3 is 2.19 bits per heavy atom. The van der Waals surface area contributed by atoms with E-state index in [2.05, 4.69) is 10.6 Å². The second-order valence-electron chi connectivity index (χ2n) is 6.17. The number of benzene rings is 2. The van der Waals surface area contributed by atoms with Gasteiger partial charge >= 0.3 is 0 Å². The van der Waals surface area contributed by atoms with E-state index < -0.39 is 6.04 Å². The first kappa shape index (κ1) is 21.0. The predicted molar refractivity (Wildman–Crippen MR) is 108 cm³/mol. The average molecular weight is 411 g/mol. The van der Waals surface area contributed by atoms with Crippen LogP contribution in [0.1, 0.15) is 6.92 Å². The van der Waals surface area contributed by atoms with E-state index >= 15 is 0 Å². The van der Waals surface area contributed by atoms with Crippen LogP contribution in [0, 0.1) is 0 Å². The first-order valence-electron chi connectivity index (χ1n) is 8.31. The number of quaternary nitrogens is 1. The highest BCUT2D eigenvalue weighted by Crippen LogP contribution is 2.22. The van der Waals surface area contributed by atoms with Crippen LogP contribution in [-0.2, 0) is 9.59 Å². The molecule has 144 valence electrons. The maximum atomic E-state index is 12.4. The van der Waals surface area contributed by atoms with Crippen molar-refractivity contribution >= 4 is 46.4 Å². The molecule has 0 fully saturated rings. The second kappa shape index (κ2) is 9.60. The molecule has 0 aliphatic heterocycles. The quantitative estimate of drug-likeness (QED) is 0.656. The lowest BCUT2D eigenvalue weighted by molar-refractivity contribution is -0.885. The summed E-state index contributed by atoms with van der Waals surface area (Å²) in [5.74, 6) is 0.286. The summed E-state index contributed by atoms with van der Waals surface area (Å²) in [6, 6.07) is 11.4. The van der Waals surface area contributed by atoms with Crippen molar-refractivity contribution in [1.82, 2.24) is 0 Å². The zero-order valence-corrected chi connectivity index (χ0v) is 16.8. The van der Waals surface area contributed by atoms with Gasteiger partial charge in [0.15, 0.2) is 12.6 Å². The lowest BCUT2D eigenvalue weighted by Gasteiger charge is -2.20. The van der Waals surface area contributed by atoms with E-state index in [0.717, 1.165) is 4.90 Å². The maximum absolute atomic E-state index is 12.4. The van der Waals surface area contributed by atoms with Gasteiger partial charge in [-0.15, -0.1) is 0 Å². The number of ether oxygens (including phenoxy) is 1. The van der Waals surface area contributed by atoms with Gasteiger partial charge in [0.1, 0.15) is 5.75 Å². The Kier molecular flexibility index (Phi) is 7.47. The molecule has 0 aliphatic rings. The van der Waals surface area contributed by atoms with Gasteiger partial charge in [0.2, 0.25) is 0 Å². The van der Waals surface area contributed by atoms with Crippen LogP contribution in [0.4, 0.5) is 11.4 Å². The van der Waals surface area contributed by atoms with Crippen LogP contribution < -0.4 is 20.3 Å². The molecule has 2 atom stereocenters. The maximum Gasteiger partial charge on any atom is 0.282 e. The van der Waals surface area contributed by atoms with E-state index in [1.54, 1.807) is 63.5 Å². The number of rotatable bonds is 7. The molecule has 0 aromatic heterocycles. The fourth-order valence-corrected chi connectivity index (χ4v) is 2.91. The monoisotopic (exact) mass is 410 g/mol. The van der Waals surface area contributed by atoms with Crippen molar-refractivity contribution in [2.75, 3.05) is 31.3 Å². The Morgan fingerprint density at radius 1 is 1.04 bits per heavy atom. The third-order valence-electron chi connectivity index (χ3n) is 4.08. The number of carbonyl (C=O) groups excluding carboxylic acids is 2. The van der Waals surface area contributed by atoms with Gasteiger partial charge in [0.05, 0.1) is 14.2 Å². The highest BCUT2D eigenvalue weighted by Gasteiger charge is 2.24. The van der Waals surface area contributed by atoms with E-state index in [1.807, 2.05) is 0 Å². The Labute approximate surface area is 168 Å². The standard InChI is InChI=1S/C19H21Cl2N3O3/c1-12(19(26)23-16-9-13(20)8-14(21)10-16)24(2)11-18(25)22-15-4-6-17(27-3)7-5-15/h4-10,12H,11H2,1-3H3,(H,22,25)(H,23,26)/p+1/t12-/m1/s1. The van der Waals surface area contributed by atoms with Crippen molar-refractivity contribution in [2.45, 2.75) is 13.0 Å². The molecule has 27 heavy (non-hydrogen) atoms. The number of hydrogen-bond donors (Lipinski definition) is 3. The van der Waals surface area contributed by atoms with Crippen molar-refractivity contribution in [3.8, 4) is 5.75 Å². The van der Waals surface area contributed by atoms with Crippen molar-refractivity contribution in [1.29, 1.82) is 0 Å². The summed E-state index contributed by atoms with van der Waals surface area (Å²) < 4.78 is 5.08. The largest absolute Gasteiger partial charge is 0.497 e. The van der Waals surface area contributed by atoms with Gasteiger partial charge in [-0.25, -0.2) is 0 Å². The number of hydrogen-bond acceptors (Lipinski definition) is 3. The lowest BCUT2D eigenvalue weighted by atomic mass is 10.2. The van der Waals surface area contributed by atoms with Gasteiger partial charge in [-0.1, -0.05) is 23.2 Å². The number of carbonyl (C=O) groups is 2. The normalized spacial score (nSPS) is 12.8. The Morgan fingerprint density at radius 2 is 1.63 bits per heavy atom. The third-order valence-corrected chi connectivity index (χ3v) is 4.51. The minimum atomic E-state index is -0.454. The molecule has 1 unspecified atom stereocenters. The molecular formula is C19H22Cl2N3O3+. The molecule has 8 heteroatoms. The van der Waals surface area contributed by atoms with Gasteiger partial charge < -0.3 is 20.3 Å². The van der Waals surface area contributed by atoms with E-state index in [4.69, 9.17) is 27.9 Å². The minimum absolute atomic E-state index is 0.136. The SMILES string of the molecule is COc1ccc(NC(=O)C[NH+](C)[C@H](C)C(=O)Nc2cc(Cl)cc(Cl)c2)cc1. The molecule has 0 spiro atoms. The first-order chi connectivity index (χ1) is 12.8. The second-order valence-corrected chi connectivity index (χ2v) is 7.04. The van der Waals surface area contributed by atoms with Crippen LogP contribution in [0.2, 0.25) is 10.0 Å². The number of anilines is 2. The molecule has 0 saturated heterocycles. The summed E-state index contributed by atoms with van der Waals surface area (Å²) in [6.45, 7) is 1.88. The summed E-state index contributed by atoms with van der Waals surface area (Å²) in [7, 11) is 3.36. The molecular weight excluding hydrogens is 389 g/mol. The van der Waals surface area contributed by atoms with Gasteiger partial charge in [-0.05, 0) is 49.4 Å². The van der Waals surface area contributed by atoms with E-state index in [9.17, 15) is 9.59 Å². The number of halogens is 2. The highest BCUT2D eigenvalue weighted by atomic mass is 35.5. The van der Waals surface area contributed by atoms with Gasteiger partial charge in [0, 0.05) is 21.4 Å². The summed E-state index contributed by atoms with van der Waals surface area (Å²) in [6.07, 6.45) is 0. The fraction of sp³-hybridized carbons (Fsp3) is 0.263. The number of methoxy groups -OCH3 is 1. The summed E-state index contributed by atoms with van der Waals surface area (Å²) in [5, 5.41) is 6.44. The van der Waals surface area contributed by atoms with Crippen LogP contribution in [0.25, 0.3) is 0 Å². The van der Waals surface area contributed by atoms with Crippen molar-refractivity contribution < 1.29 is 19.2 Å². The predicted octanol–water partition coefficient (Wildman–Crippen LogP) is 2.48. The minimum Gasteiger partial charge on any atom is -0.497 e. The molecule has 0 aliphatic carbocycles. The first-order valence-corrected chi connectivity index (χ1v) is 9.07. The smallest absolute Gasteiger partial charge is 0.282 e. The number of likely N-dealkylation sites (N-methyl/N-ethyl adjacent to an activating group) is 1. The van der Waals surface area contributed by atoms with Gasteiger partial charge in [0.25, 0.3) is 11.8 Å². The van der Waals surface area contributed by atoms with Crippen LogP contribution in [0.3, 0.4) is 0 Å². The van der Waals surface area contributed by atoms with Crippen LogP contribution in [0.15, 0.2) is 42.5 Å². The van der Waals surface area contributed by atoms with Crippen molar-refractivity contribution in [2.24, 2.45) is 0 Å². The molecule has 3 N–H and O–H groups in total. The molecule has 2 amide bonds. The van der Waals surface area contributed by atoms with Crippen molar-refractivity contribution in [3.05, 3.63) is 52.5 Å². The third kappa shape index (κ3) is 6.43. The zero-order valence-electron chi connectivity index (χ0n) is 15.3. The van der Waals surface area contributed by atoms with E-state index in [1.165, 1.54) is 0 Å². The molecule has 0 saturated carbocycles. The molecule has 2 rings (SSSR count). The van der Waals surface area contributed by atoms with Crippen LogP contribution in [-0.4, -0.2) is 38.6 Å². The van der Waals surface area contributed by atoms with Gasteiger partial charge in [-0.2, -0.15) is 0 Å².